The van der Waals surface area contributed by atoms with Crippen molar-refractivity contribution in [3.8, 4) is 0 Å². The lowest BCUT2D eigenvalue weighted by atomic mass is 9.85. The second-order valence-electron chi connectivity index (χ2n) is 10.7. The topological polar surface area (TPSA) is 85.3 Å². The summed E-state index contributed by atoms with van der Waals surface area (Å²) in [5.74, 6) is 0.277. The minimum absolute atomic E-state index is 0.0516. The highest BCUT2D eigenvalue weighted by Crippen LogP contribution is 2.50. The summed E-state index contributed by atoms with van der Waals surface area (Å²) in [5, 5.41) is 0. The Hall–Kier alpha value is -3.60. The molecule has 1 saturated carbocycles. The van der Waals surface area contributed by atoms with Crippen molar-refractivity contribution in [2.24, 2.45) is 0 Å². The van der Waals surface area contributed by atoms with Crippen molar-refractivity contribution < 1.29 is 27.5 Å². The molecule has 41 heavy (non-hydrogen) atoms. The lowest BCUT2D eigenvalue weighted by molar-refractivity contribution is -0.143. The van der Waals surface area contributed by atoms with E-state index in [1.807, 2.05) is 41.2 Å². The van der Waals surface area contributed by atoms with Gasteiger partial charge in [-0.1, -0.05) is 30.3 Å². The van der Waals surface area contributed by atoms with Crippen LogP contribution in [0.2, 0.25) is 0 Å². The molecule has 1 aliphatic carbocycles. The maximum absolute atomic E-state index is 13.9. The van der Waals surface area contributed by atoms with Crippen molar-refractivity contribution in [2.75, 3.05) is 20.2 Å². The fourth-order valence-electron chi connectivity index (χ4n) is 5.73. The van der Waals surface area contributed by atoms with Gasteiger partial charge in [-0.15, -0.1) is 0 Å². The van der Waals surface area contributed by atoms with Crippen LogP contribution in [0.25, 0.3) is 0 Å². The van der Waals surface area contributed by atoms with Crippen molar-refractivity contribution in [1.82, 2.24) is 19.8 Å². The molecule has 1 aromatic carbocycles. The van der Waals surface area contributed by atoms with Crippen molar-refractivity contribution in [2.45, 2.75) is 62.5 Å². The summed E-state index contributed by atoms with van der Waals surface area (Å²) in [6, 6.07) is 11.2. The molecule has 213 valence electrons. The smallest absolute Gasteiger partial charge is 0.419 e. The van der Waals surface area contributed by atoms with Gasteiger partial charge in [0.1, 0.15) is 5.82 Å². The summed E-state index contributed by atoms with van der Waals surface area (Å²) in [5.41, 5.74) is 1.78. The van der Waals surface area contributed by atoms with E-state index in [1.165, 1.54) is 7.11 Å². The molecule has 0 bridgehead atoms. The molecule has 3 aromatic rings. The van der Waals surface area contributed by atoms with E-state index in [9.17, 15) is 22.8 Å². The summed E-state index contributed by atoms with van der Waals surface area (Å²) in [7, 11) is 2.92. The number of aryl methyl sites for hydroxylation is 2. The number of hydrogen-bond acceptors (Lipinski definition) is 7. The Labute approximate surface area is 237 Å². The molecular formula is C30H31BF3N4O3. The SMILES string of the molecule is COC(=O)C1(c2ccccc2CCc2nc(Cc3ccc(C4CCN([B]C=O)CC4)nc3)ncc2C(F)(F)F)CC1. The molecule has 0 unspecified atom stereocenters. The predicted molar refractivity (Wildman–Crippen MR) is 147 cm³/mol. The number of carbonyl (C=O) groups excluding carboxylic acids is 2. The molecule has 3 heterocycles. The number of benzene rings is 1. The molecule has 0 N–H and O–H groups in total. The average molecular weight is 563 g/mol. The van der Waals surface area contributed by atoms with Gasteiger partial charge in [0, 0.05) is 30.4 Å². The zero-order chi connectivity index (χ0) is 29.0. The molecule has 1 aliphatic heterocycles. The monoisotopic (exact) mass is 563 g/mol. The highest BCUT2D eigenvalue weighted by Gasteiger charge is 2.53. The largest absolute Gasteiger partial charge is 0.468 e. The molecule has 11 heteroatoms. The van der Waals surface area contributed by atoms with Crippen molar-refractivity contribution in [3.63, 3.8) is 0 Å². The Kier molecular flexibility index (Phi) is 8.54. The Morgan fingerprint density at radius 3 is 2.49 bits per heavy atom. The lowest BCUT2D eigenvalue weighted by Gasteiger charge is -2.30. The van der Waals surface area contributed by atoms with Gasteiger partial charge in [-0.3, -0.25) is 9.78 Å². The van der Waals surface area contributed by atoms with Gasteiger partial charge in [0.25, 0.3) is 7.41 Å². The molecule has 0 spiro atoms. The van der Waals surface area contributed by atoms with E-state index >= 15 is 0 Å². The first kappa shape index (κ1) is 28.9. The molecule has 5 rings (SSSR count). The molecule has 0 atom stereocenters. The van der Waals surface area contributed by atoms with Gasteiger partial charge in [-0.25, -0.2) is 9.97 Å². The number of aromatic nitrogens is 3. The molecule has 1 radical (unpaired) electrons. The number of esters is 1. The second kappa shape index (κ2) is 12.1. The van der Waals surface area contributed by atoms with Gasteiger partial charge in [0.15, 0.2) is 0 Å². The van der Waals surface area contributed by atoms with Crippen molar-refractivity contribution in [3.05, 3.63) is 88.3 Å². The van der Waals surface area contributed by atoms with Crippen LogP contribution >= 0.6 is 0 Å². The number of rotatable bonds is 10. The molecular weight excluding hydrogens is 532 g/mol. The van der Waals surface area contributed by atoms with E-state index in [0.29, 0.717) is 31.0 Å². The zero-order valence-electron chi connectivity index (χ0n) is 22.9. The fraction of sp³-hybridized carbons (Fsp3) is 0.433. The summed E-state index contributed by atoms with van der Waals surface area (Å²) in [4.78, 5) is 38.2. The first-order valence-electron chi connectivity index (χ1n) is 13.8. The summed E-state index contributed by atoms with van der Waals surface area (Å²) < 4.78 is 46.6. The molecule has 7 nitrogen and oxygen atoms in total. The molecule has 2 aliphatic rings. The molecule has 0 amide bonds. The van der Waals surface area contributed by atoms with Gasteiger partial charge in [0.2, 0.25) is 0 Å². The maximum atomic E-state index is 13.9. The maximum Gasteiger partial charge on any atom is 0.419 e. The summed E-state index contributed by atoms with van der Waals surface area (Å²) in [6.45, 7) is 1.59. The number of carbonyl (C=O) groups is 2. The van der Waals surface area contributed by atoms with E-state index in [2.05, 4.69) is 15.0 Å². The van der Waals surface area contributed by atoms with E-state index in [-0.39, 0.29) is 24.5 Å². The highest BCUT2D eigenvalue weighted by molar-refractivity contribution is 6.64. The normalized spacial score (nSPS) is 17.2. The number of pyridine rings is 1. The lowest BCUT2D eigenvalue weighted by Crippen LogP contribution is -2.36. The van der Waals surface area contributed by atoms with Crippen LogP contribution in [0.15, 0.2) is 48.8 Å². The average Bonchev–Trinajstić information content (AvgIpc) is 3.78. The van der Waals surface area contributed by atoms with Gasteiger partial charge in [-0.2, -0.15) is 13.2 Å². The number of ether oxygens (including phenoxy) is 1. The number of methoxy groups -OCH3 is 1. The predicted octanol–water partition coefficient (Wildman–Crippen LogP) is 4.46. The number of hydrogen-bond donors (Lipinski definition) is 0. The van der Waals surface area contributed by atoms with E-state index < -0.39 is 17.2 Å². The first-order valence-corrected chi connectivity index (χ1v) is 13.8. The van der Waals surface area contributed by atoms with E-state index in [0.717, 1.165) is 60.7 Å². The van der Waals surface area contributed by atoms with Gasteiger partial charge in [0.05, 0.1) is 30.0 Å². The number of piperidine rings is 1. The van der Waals surface area contributed by atoms with Crippen LogP contribution in [0.4, 0.5) is 13.2 Å². The van der Waals surface area contributed by atoms with Crippen molar-refractivity contribution >= 4 is 19.6 Å². The van der Waals surface area contributed by atoms with Gasteiger partial charge >= 0.3 is 12.1 Å². The third-order valence-corrected chi connectivity index (χ3v) is 8.14. The van der Waals surface area contributed by atoms with Crippen LogP contribution in [0, 0.1) is 0 Å². The quantitative estimate of drug-likeness (QED) is 0.205. The third kappa shape index (κ3) is 6.50. The van der Waals surface area contributed by atoms with Gasteiger partial charge < -0.3 is 14.3 Å². The highest BCUT2D eigenvalue weighted by atomic mass is 19.4. The van der Waals surface area contributed by atoms with Crippen LogP contribution in [0.5, 0.6) is 0 Å². The van der Waals surface area contributed by atoms with Crippen LogP contribution in [-0.4, -0.2) is 59.5 Å². The van der Waals surface area contributed by atoms with Crippen LogP contribution in [0.1, 0.15) is 71.1 Å². The van der Waals surface area contributed by atoms with Crippen LogP contribution in [-0.2, 0) is 45.2 Å². The summed E-state index contributed by atoms with van der Waals surface area (Å²) in [6.07, 6.45) is 2.54. The van der Waals surface area contributed by atoms with Crippen molar-refractivity contribution in [1.29, 1.82) is 0 Å². The number of halogens is 3. The zero-order valence-corrected chi connectivity index (χ0v) is 22.9. The number of nitrogens with zero attached hydrogens (tertiary/aromatic N) is 4. The third-order valence-electron chi connectivity index (χ3n) is 8.14. The molecule has 2 fully saturated rings. The van der Waals surface area contributed by atoms with E-state index in [1.54, 1.807) is 13.6 Å². The fourth-order valence-corrected chi connectivity index (χ4v) is 5.73. The minimum atomic E-state index is -4.58. The number of alkyl halides is 3. The minimum Gasteiger partial charge on any atom is -0.468 e. The Balaban J connectivity index is 1.31. The van der Waals surface area contributed by atoms with E-state index in [4.69, 9.17) is 4.74 Å². The van der Waals surface area contributed by atoms with Crippen LogP contribution < -0.4 is 0 Å². The summed E-state index contributed by atoms with van der Waals surface area (Å²) >= 11 is 0. The molecule has 2 aromatic heterocycles. The van der Waals surface area contributed by atoms with Crippen LogP contribution in [0.3, 0.4) is 0 Å². The standard InChI is InChI=1S/C30H31BF3N4O3/c1-41-28(40)29(12-13-29)23-5-3-2-4-21(23)7-9-26-24(30(32,33)34)18-36-27(37-26)16-20-6-8-25(35-17-20)22-10-14-38(15-11-22)31-19-39/h2-6,8,17-19,22H,7,9-16H2,1H3. The Morgan fingerprint density at radius 1 is 1.10 bits per heavy atom. The Bertz CT molecular complexity index is 1390. The Morgan fingerprint density at radius 2 is 1.85 bits per heavy atom. The molecule has 1 saturated heterocycles. The first-order chi connectivity index (χ1) is 19.7. The van der Waals surface area contributed by atoms with Gasteiger partial charge in [-0.05, 0) is 74.4 Å². The second-order valence-corrected chi connectivity index (χ2v) is 10.7.